The van der Waals surface area contributed by atoms with Crippen LogP contribution in [0.15, 0.2) is 30.5 Å². The van der Waals surface area contributed by atoms with Gasteiger partial charge >= 0.3 is 18.2 Å². The Kier molecular flexibility index (Phi) is 4.95. The van der Waals surface area contributed by atoms with Gasteiger partial charge in [0.15, 0.2) is 5.69 Å². The lowest BCUT2D eigenvalue weighted by atomic mass is 10.2. The van der Waals surface area contributed by atoms with Gasteiger partial charge in [0.2, 0.25) is 0 Å². The Bertz CT molecular complexity index is 878. The van der Waals surface area contributed by atoms with E-state index in [9.17, 15) is 31.9 Å². The summed E-state index contributed by atoms with van der Waals surface area (Å²) in [5.74, 6) is -2.36. The maximum absolute atomic E-state index is 13.1. The second-order valence-corrected chi connectivity index (χ2v) is 4.98. The topological polar surface area (TPSA) is 110 Å². The lowest BCUT2D eigenvalue weighted by Gasteiger charge is -2.17. The molecule has 0 aliphatic heterocycles. The Morgan fingerprint density at radius 2 is 1.92 bits per heavy atom. The maximum Gasteiger partial charge on any atom is 0.435 e. The molecule has 2 aromatic rings. The number of aromatic nitrogens is 2. The first-order valence-corrected chi connectivity index (χ1v) is 6.82. The number of rotatable bonds is 2. The second kappa shape index (κ2) is 6.82. The molecule has 2 rings (SSSR count). The van der Waals surface area contributed by atoms with Crippen LogP contribution in [0.2, 0.25) is 0 Å². The third kappa shape index (κ3) is 3.96. The lowest BCUT2D eigenvalue weighted by Crippen LogP contribution is -2.47. The number of anilines is 1. The van der Waals surface area contributed by atoms with Crippen molar-refractivity contribution < 1.29 is 31.9 Å². The first-order chi connectivity index (χ1) is 12.0. The molecule has 3 N–H and O–H groups in total. The molecule has 0 spiro atoms. The van der Waals surface area contributed by atoms with Crippen LogP contribution < -0.4 is 11.1 Å². The summed E-state index contributed by atoms with van der Waals surface area (Å²) in [5, 5.41) is 5.11. The van der Waals surface area contributed by atoms with Gasteiger partial charge in [0, 0.05) is 18.9 Å². The molecule has 0 radical (unpaired) electrons. The third-order valence-corrected chi connectivity index (χ3v) is 3.03. The quantitative estimate of drug-likeness (QED) is 0.787. The number of nitrogens with one attached hydrogen (secondary N) is 1. The van der Waals surface area contributed by atoms with Crippen LogP contribution in [0.5, 0.6) is 0 Å². The number of urea groups is 2. The van der Waals surface area contributed by atoms with Crippen LogP contribution in [0.1, 0.15) is 16.1 Å². The standard InChI is InChI=1S/C14H11F4N5O3/c1-22-6-9(10(21-22)14(16,17)18)11(24)23(12(19)25)13(26)20-8-4-2-3-7(15)5-8/h2-6H,1H3,(H2,19,25)(H,20,26). The number of amides is 5. The van der Waals surface area contributed by atoms with Crippen LogP contribution in [0.25, 0.3) is 0 Å². The molecule has 12 heteroatoms. The van der Waals surface area contributed by atoms with Crippen molar-refractivity contribution in [1.29, 1.82) is 0 Å². The molecule has 5 amide bonds. The van der Waals surface area contributed by atoms with Gasteiger partial charge in [0.05, 0.1) is 5.56 Å². The Balaban J connectivity index is 2.37. The van der Waals surface area contributed by atoms with E-state index in [2.05, 4.69) is 5.10 Å². The van der Waals surface area contributed by atoms with Crippen LogP contribution >= 0.6 is 0 Å². The van der Waals surface area contributed by atoms with Gasteiger partial charge in [-0.3, -0.25) is 9.48 Å². The highest BCUT2D eigenvalue weighted by atomic mass is 19.4. The number of carbonyl (C=O) groups is 3. The van der Waals surface area contributed by atoms with Crippen LogP contribution in [0, 0.1) is 5.82 Å². The average molecular weight is 373 g/mol. The minimum Gasteiger partial charge on any atom is -0.351 e. The number of hydrogen-bond acceptors (Lipinski definition) is 4. The maximum atomic E-state index is 13.1. The van der Waals surface area contributed by atoms with Crippen molar-refractivity contribution in [2.24, 2.45) is 12.8 Å². The van der Waals surface area contributed by atoms with Gasteiger partial charge in [-0.15, -0.1) is 0 Å². The molecule has 0 saturated carbocycles. The van der Waals surface area contributed by atoms with E-state index in [0.717, 1.165) is 19.2 Å². The van der Waals surface area contributed by atoms with Gasteiger partial charge in [-0.25, -0.2) is 14.0 Å². The van der Waals surface area contributed by atoms with Crippen LogP contribution in [0.4, 0.5) is 32.8 Å². The van der Waals surface area contributed by atoms with Gasteiger partial charge in [0.1, 0.15) is 5.82 Å². The minimum absolute atomic E-state index is 0.142. The number of primary amides is 1. The highest BCUT2D eigenvalue weighted by Crippen LogP contribution is 2.31. The Morgan fingerprint density at radius 3 is 2.46 bits per heavy atom. The van der Waals surface area contributed by atoms with Gasteiger partial charge in [-0.05, 0) is 18.2 Å². The van der Waals surface area contributed by atoms with E-state index < -0.39 is 41.2 Å². The number of nitrogens with two attached hydrogens (primary N) is 1. The molecule has 0 atom stereocenters. The van der Waals surface area contributed by atoms with Gasteiger partial charge in [0.25, 0.3) is 5.91 Å². The van der Waals surface area contributed by atoms with Crippen molar-refractivity contribution >= 4 is 23.7 Å². The fraction of sp³-hybridized carbons (Fsp3) is 0.143. The molecular weight excluding hydrogens is 362 g/mol. The van der Waals surface area contributed by atoms with Crippen molar-refractivity contribution in [2.45, 2.75) is 6.18 Å². The summed E-state index contributed by atoms with van der Waals surface area (Å²) in [6.07, 6.45) is -4.31. The molecular formula is C14H11F4N5O3. The van der Waals surface area contributed by atoms with E-state index in [-0.39, 0.29) is 10.6 Å². The molecule has 1 aromatic carbocycles. The number of carbonyl (C=O) groups excluding carboxylic acids is 3. The largest absolute Gasteiger partial charge is 0.435 e. The number of halogens is 4. The zero-order valence-electron chi connectivity index (χ0n) is 13.0. The van der Waals surface area contributed by atoms with E-state index in [1.54, 1.807) is 0 Å². The van der Waals surface area contributed by atoms with Crippen LogP contribution in [-0.2, 0) is 13.2 Å². The summed E-state index contributed by atoms with van der Waals surface area (Å²) in [6, 6.07) is 1.32. The van der Waals surface area contributed by atoms with Crippen molar-refractivity contribution in [3.05, 3.63) is 47.5 Å². The van der Waals surface area contributed by atoms with E-state index in [1.165, 1.54) is 12.1 Å². The van der Waals surface area contributed by atoms with Crippen LogP contribution in [-0.4, -0.2) is 32.6 Å². The third-order valence-electron chi connectivity index (χ3n) is 3.03. The molecule has 26 heavy (non-hydrogen) atoms. The number of alkyl halides is 3. The zero-order chi connectivity index (χ0) is 19.6. The van der Waals surface area contributed by atoms with Crippen molar-refractivity contribution in [3.8, 4) is 0 Å². The minimum atomic E-state index is -5.01. The molecule has 0 bridgehead atoms. The molecule has 8 nitrogen and oxygen atoms in total. The Labute approximate surface area is 143 Å². The van der Waals surface area contributed by atoms with E-state index in [1.807, 2.05) is 5.32 Å². The Hall–Kier alpha value is -3.44. The lowest BCUT2D eigenvalue weighted by molar-refractivity contribution is -0.141. The van der Waals surface area contributed by atoms with E-state index >= 15 is 0 Å². The van der Waals surface area contributed by atoms with E-state index in [4.69, 9.17) is 5.73 Å². The molecule has 1 aromatic heterocycles. The molecule has 1 heterocycles. The predicted octanol–water partition coefficient (Wildman–Crippen LogP) is 2.33. The van der Waals surface area contributed by atoms with Crippen molar-refractivity contribution in [1.82, 2.24) is 14.7 Å². The first kappa shape index (κ1) is 18.9. The molecule has 0 saturated heterocycles. The second-order valence-electron chi connectivity index (χ2n) is 4.98. The highest BCUT2D eigenvalue weighted by Gasteiger charge is 2.41. The van der Waals surface area contributed by atoms with Crippen LogP contribution in [0.3, 0.4) is 0 Å². The van der Waals surface area contributed by atoms with Gasteiger partial charge in [-0.1, -0.05) is 6.07 Å². The summed E-state index contributed by atoms with van der Waals surface area (Å²) in [5.41, 5.74) is 2.17. The monoisotopic (exact) mass is 373 g/mol. The number of hydrogen-bond donors (Lipinski definition) is 2. The summed E-state index contributed by atoms with van der Waals surface area (Å²) >= 11 is 0. The Morgan fingerprint density at radius 1 is 1.27 bits per heavy atom. The van der Waals surface area contributed by atoms with Crippen molar-refractivity contribution in [2.75, 3.05) is 5.32 Å². The molecule has 0 unspecified atom stereocenters. The SMILES string of the molecule is Cn1cc(C(=O)N(C(N)=O)C(=O)Nc2cccc(F)c2)c(C(F)(F)F)n1. The number of nitrogens with zero attached hydrogens (tertiary/aromatic N) is 3. The number of aryl methyl sites for hydroxylation is 1. The molecule has 0 aliphatic carbocycles. The van der Waals surface area contributed by atoms with E-state index in [0.29, 0.717) is 10.9 Å². The molecule has 0 aliphatic rings. The predicted molar refractivity (Wildman–Crippen MR) is 79.4 cm³/mol. The fourth-order valence-corrected chi connectivity index (χ4v) is 2.01. The number of benzene rings is 1. The molecule has 138 valence electrons. The number of imide groups is 3. The zero-order valence-corrected chi connectivity index (χ0v) is 13.0. The summed E-state index contributed by atoms with van der Waals surface area (Å²) < 4.78 is 52.7. The normalized spacial score (nSPS) is 11.1. The van der Waals surface area contributed by atoms with Crippen molar-refractivity contribution in [3.63, 3.8) is 0 Å². The fourth-order valence-electron chi connectivity index (χ4n) is 2.01. The summed E-state index contributed by atoms with van der Waals surface area (Å²) in [7, 11) is 1.12. The summed E-state index contributed by atoms with van der Waals surface area (Å²) in [6.45, 7) is 0. The molecule has 0 fully saturated rings. The van der Waals surface area contributed by atoms with Gasteiger partial charge in [-0.2, -0.15) is 23.2 Å². The average Bonchev–Trinajstić information content (AvgIpc) is 2.89. The highest BCUT2D eigenvalue weighted by molar-refractivity contribution is 6.18. The van der Waals surface area contributed by atoms with Gasteiger partial charge < -0.3 is 11.1 Å². The first-order valence-electron chi connectivity index (χ1n) is 6.82. The smallest absolute Gasteiger partial charge is 0.351 e. The summed E-state index contributed by atoms with van der Waals surface area (Å²) in [4.78, 5) is 35.6.